The maximum atomic E-state index is 8.67. The summed E-state index contributed by atoms with van der Waals surface area (Å²) < 4.78 is 0. The van der Waals surface area contributed by atoms with Gasteiger partial charge in [-0.2, -0.15) is 5.10 Å². The Kier molecular flexibility index (Phi) is 2.59. The van der Waals surface area contributed by atoms with E-state index < -0.39 is 0 Å². The molecule has 1 rings (SSSR count). The summed E-state index contributed by atoms with van der Waals surface area (Å²) in [6.07, 6.45) is 1.02. The summed E-state index contributed by atoms with van der Waals surface area (Å²) in [6, 6.07) is 0. The molecule has 0 amide bonds. The van der Waals surface area contributed by atoms with Gasteiger partial charge in [0.2, 0.25) is 0 Å². The molecule has 1 aromatic heterocycles. The maximum Gasteiger partial charge on any atom is 0.153 e. The van der Waals surface area contributed by atoms with Crippen molar-refractivity contribution in [1.29, 1.82) is 0 Å². The van der Waals surface area contributed by atoms with Gasteiger partial charge in [0.15, 0.2) is 5.82 Å². The van der Waals surface area contributed by atoms with E-state index in [1.54, 1.807) is 0 Å². The van der Waals surface area contributed by atoms with Crippen molar-refractivity contribution in [2.45, 2.75) is 32.8 Å². The van der Waals surface area contributed by atoms with Crippen LogP contribution in [0.4, 0.5) is 0 Å². The molecule has 4 nitrogen and oxygen atoms in total. The van der Waals surface area contributed by atoms with Crippen molar-refractivity contribution in [3.63, 3.8) is 0 Å². The van der Waals surface area contributed by atoms with Crippen LogP contribution in [-0.4, -0.2) is 20.3 Å². The van der Waals surface area contributed by atoms with Gasteiger partial charge in [-0.1, -0.05) is 13.8 Å². The highest BCUT2D eigenvalue weighted by atomic mass is 16.3. The molecule has 0 saturated heterocycles. The summed E-state index contributed by atoms with van der Waals surface area (Å²) in [7, 11) is 0. The van der Waals surface area contributed by atoms with Gasteiger partial charge in [0.25, 0.3) is 0 Å². The number of nitrogens with one attached hydrogen (secondary N) is 1. The summed E-state index contributed by atoms with van der Waals surface area (Å²) in [4.78, 5) is 4.08. The molecule has 0 saturated carbocycles. The lowest BCUT2D eigenvalue weighted by Crippen LogP contribution is -1.94. The summed E-state index contributed by atoms with van der Waals surface area (Å²) in [6.45, 7) is 4.08. The standard InChI is InChI=1S/C7H13N3O/c1-3-5(2)7-8-6(4-11)9-10-7/h5,11H,3-4H2,1-2H3,(H,8,9,10). The number of nitrogens with zero attached hydrogens (tertiary/aromatic N) is 2. The number of H-pyrrole nitrogens is 1. The van der Waals surface area contributed by atoms with Gasteiger partial charge < -0.3 is 5.11 Å². The Morgan fingerprint density at radius 3 is 2.82 bits per heavy atom. The van der Waals surface area contributed by atoms with E-state index in [4.69, 9.17) is 5.11 Å². The SMILES string of the molecule is CCC(C)c1n[nH]c(CO)n1. The monoisotopic (exact) mass is 155 g/mol. The van der Waals surface area contributed by atoms with E-state index in [0.717, 1.165) is 12.2 Å². The largest absolute Gasteiger partial charge is 0.388 e. The molecule has 1 atom stereocenters. The molecule has 1 heterocycles. The summed E-state index contributed by atoms with van der Waals surface area (Å²) in [5.41, 5.74) is 0. The van der Waals surface area contributed by atoms with Crippen molar-refractivity contribution >= 4 is 0 Å². The van der Waals surface area contributed by atoms with Gasteiger partial charge >= 0.3 is 0 Å². The Labute approximate surface area is 65.7 Å². The summed E-state index contributed by atoms with van der Waals surface area (Å²) >= 11 is 0. The third-order valence-corrected chi connectivity index (χ3v) is 1.75. The zero-order chi connectivity index (χ0) is 8.27. The molecule has 0 fully saturated rings. The molecule has 0 aromatic carbocycles. The van der Waals surface area contributed by atoms with E-state index >= 15 is 0 Å². The molecule has 1 aromatic rings. The molecular weight excluding hydrogens is 142 g/mol. The lowest BCUT2D eigenvalue weighted by molar-refractivity contribution is 0.271. The van der Waals surface area contributed by atoms with E-state index in [0.29, 0.717) is 11.7 Å². The molecule has 62 valence electrons. The second kappa shape index (κ2) is 3.48. The normalized spacial score (nSPS) is 13.4. The van der Waals surface area contributed by atoms with Crippen molar-refractivity contribution in [3.8, 4) is 0 Å². The molecule has 0 aliphatic rings. The Balaban J connectivity index is 2.71. The van der Waals surface area contributed by atoms with E-state index in [9.17, 15) is 0 Å². The van der Waals surface area contributed by atoms with Gasteiger partial charge in [0.1, 0.15) is 12.4 Å². The fourth-order valence-corrected chi connectivity index (χ4v) is 0.784. The van der Waals surface area contributed by atoms with Gasteiger partial charge in [-0.15, -0.1) is 0 Å². The lowest BCUT2D eigenvalue weighted by Gasteiger charge is -1.99. The predicted octanol–water partition coefficient (Wildman–Crippen LogP) is 0.810. The highest BCUT2D eigenvalue weighted by Crippen LogP contribution is 2.12. The average Bonchev–Trinajstić information content (AvgIpc) is 2.50. The van der Waals surface area contributed by atoms with Crippen LogP contribution in [0.2, 0.25) is 0 Å². The van der Waals surface area contributed by atoms with Crippen LogP contribution in [0.3, 0.4) is 0 Å². The summed E-state index contributed by atoms with van der Waals surface area (Å²) in [5, 5.41) is 15.3. The van der Waals surface area contributed by atoms with Crippen LogP contribution in [0, 0.1) is 0 Å². The van der Waals surface area contributed by atoms with Crippen molar-refractivity contribution in [3.05, 3.63) is 11.6 Å². The first-order valence-electron chi connectivity index (χ1n) is 3.80. The quantitative estimate of drug-likeness (QED) is 0.679. The fraction of sp³-hybridized carbons (Fsp3) is 0.714. The van der Waals surface area contributed by atoms with Crippen LogP contribution in [-0.2, 0) is 6.61 Å². The van der Waals surface area contributed by atoms with E-state index in [1.807, 2.05) is 0 Å². The molecule has 0 aliphatic heterocycles. The Morgan fingerprint density at radius 2 is 2.36 bits per heavy atom. The Bertz CT molecular complexity index is 221. The van der Waals surface area contributed by atoms with Gasteiger partial charge in [-0.3, -0.25) is 5.10 Å². The second-order valence-electron chi connectivity index (χ2n) is 2.61. The predicted molar refractivity (Wildman–Crippen MR) is 41.0 cm³/mol. The number of aliphatic hydroxyl groups excluding tert-OH is 1. The maximum absolute atomic E-state index is 8.67. The second-order valence-corrected chi connectivity index (χ2v) is 2.61. The number of aliphatic hydroxyl groups is 1. The number of aromatic amines is 1. The van der Waals surface area contributed by atoms with Gasteiger partial charge in [0.05, 0.1) is 0 Å². The van der Waals surface area contributed by atoms with Crippen molar-refractivity contribution in [2.24, 2.45) is 0 Å². The minimum atomic E-state index is -0.0660. The zero-order valence-electron chi connectivity index (χ0n) is 6.83. The average molecular weight is 155 g/mol. The highest BCUT2D eigenvalue weighted by Gasteiger charge is 2.08. The first kappa shape index (κ1) is 8.20. The fourth-order valence-electron chi connectivity index (χ4n) is 0.784. The van der Waals surface area contributed by atoms with Crippen molar-refractivity contribution in [1.82, 2.24) is 15.2 Å². The van der Waals surface area contributed by atoms with Crippen LogP contribution in [0.1, 0.15) is 37.8 Å². The topological polar surface area (TPSA) is 61.8 Å². The number of aromatic nitrogens is 3. The molecular formula is C7H13N3O. The van der Waals surface area contributed by atoms with Crippen LogP contribution in [0.5, 0.6) is 0 Å². The minimum Gasteiger partial charge on any atom is -0.388 e. The molecule has 0 aliphatic carbocycles. The summed E-state index contributed by atoms with van der Waals surface area (Å²) in [5.74, 6) is 1.70. The van der Waals surface area contributed by atoms with Crippen molar-refractivity contribution < 1.29 is 5.11 Å². The molecule has 4 heteroatoms. The van der Waals surface area contributed by atoms with Gasteiger partial charge in [0, 0.05) is 5.92 Å². The molecule has 11 heavy (non-hydrogen) atoms. The van der Waals surface area contributed by atoms with Crippen LogP contribution >= 0.6 is 0 Å². The first-order valence-corrected chi connectivity index (χ1v) is 3.80. The lowest BCUT2D eigenvalue weighted by atomic mass is 10.1. The van der Waals surface area contributed by atoms with Crippen molar-refractivity contribution in [2.75, 3.05) is 0 Å². The van der Waals surface area contributed by atoms with E-state index in [1.165, 1.54) is 0 Å². The Morgan fingerprint density at radius 1 is 1.64 bits per heavy atom. The van der Waals surface area contributed by atoms with E-state index in [-0.39, 0.29) is 6.61 Å². The zero-order valence-corrected chi connectivity index (χ0v) is 6.83. The number of rotatable bonds is 3. The molecule has 0 spiro atoms. The first-order chi connectivity index (χ1) is 5.27. The smallest absolute Gasteiger partial charge is 0.153 e. The van der Waals surface area contributed by atoms with Gasteiger partial charge in [-0.25, -0.2) is 4.98 Å². The highest BCUT2D eigenvalue weighted by molar-refractivity contribution is 4.94. The minimum absolute atomic E-state index is 0.0660. The number of hydrogen-bond acceptors (Lipinski definition) is 3. The van der Waals surface area contributed by atoms with Crippen LogP contribution in [0.25, 0.3) is 0 Å². The molecule has 0 bridgehead atoms. The van der Waals surface area contributed by atoms with Gasteiger partial charge in [-0.05, 0) is 6.42 Å². The third-order valence-electron chi connectivity index (χ3n) is 1.75. The van der Waals surface area contributed by atoms with Crippen LogP contribution in [0.15, 0.2) is 0 Å². The van der Waals surface area contributed by atoms with E-state index in [2.05, 4.69) is 29.0 Å². The third kappa shape index (κ3) is 1.77. The molecule has 1 unspecified atom stereocenters. The number of hydrogen-bond donors (Lipinski definition) is 2. The molecule has 2 N–H and O–H groups in total. The molecule has 0 radical (unpaired) electrons. The Hall–Kier alpha value is -0.900. The van der Waals surface area contributed by atoms with Crippen LogP contribution < -0.4 is 0 Å².